The summed E-state index contributed by atoms with van der Waals surface area (Å²) < 4.78 is 10.7. The van der Waals surface area contributed by atoms with E-state index in [1.807, 2.05) is 46.7 Å². The number of piperazine rings is 1. The highest BCUT2D eigenvalue weighted by atomic mass is 32.1. The zero-order valence-electron chi connectivity index (χ0n) is 22.7. The van der Waals surface area contributed by atoms with Crippen LogP contribution in [0.4, 0.5) is 0 Å². The van der Waals surface area contributed by atoms with E-state index in [1.165, 1.54) is 11.3 Å². The number of ether oxygens (including phenoxy) is 2. The number of benzene rings is 2. The number of thiophene rings is 1. The lowest BCUT2D eigenvalue weighted by Crippen LogP contribution is -2.53. The van der Waals surface area contributed by atoms with Gasteiger partial charge in [-0.05, 0) is 53.8 Å². The summed E-state index contributed by atoms with van der Waals surface area (Å²) in [7, 11) is 3.16. The summed E-state index contributed by atoms with van der Waals surface area (Å²) >= 11 is 1.38. The van der Waals surface area contributed by atoms with Crippen LogP contribution in [0.3, 0.4) is 0 Å². The van der Waals surface area contributed by atoms with E-state index >= 15 is 0 Å². The Kier molecular flexibility index (Phi) is 8.66. The van der Waals surface area contributed by atoms with E-state index in [0.717, 1.165) is 5.56 Å². The Morgan fingerprint density at radius 2 is 1.70 bits per heavy atom. The van der Waals surface area contributed by atoms with Gasteiger partial charge in [0.05, 0.1) is 25.1 Å². The van der Waals surface area contributed by atoms with Crippen molar-refractivity contribution >= 4 is 29.1 Å². The molecule has 1 aromatic heterocycles. The van der Waals surface area contributed by atoms with Crippen LogP contribution in [0.5, 0.6) is 11.5 Å². The van der Waals surface area contributed by atoms with Crippen molar-refractivity contribution in [1.29, 1.82) is 0 Å². The molecule has 210 valence electrons. The molecule has 5 rings (SSSR count). The summed E-state index contributed by atoms with van der Waals surface area (Å²) in [5, 5.41) is 5.15. The van der Waals surface area contributed by atoms with Gasteiger partial charge in [0, 0.05) is 44.8 Å². The smallest absolute Gasteiger partial charge is 0.264 e. The molecule has 9 nitrogen and oxygen atoms in total. The van der Waals surface area contributed by atoms with Gasteiger partial charge in [-0.1, -0.05) is 24.3 Å². The summed E-state index contributed by atoms with van der Waals surface area (Å²) in [5.74, 6) is 0.824. The third-order valence-electron chi connectivity index (χ3n) is 7.49. The Morgan fingerprint density at radius 3 is 2.40 bits per heavy atom. The van der Waals surface area contributed by atoms with Crippen molar-refractivity contribution < 1.29 is 23.9 Å². The van der Waals surface area contributed by atoms with Crippen molar-refractivity contribution in [2.75, 3.05) is 46.9 Å². The van der Waals surface area contributed by atoms with Gasteiger partial charge in [0.1, 0.15) is 17.5 Å². The summed E-state index contributed by atoms with van der Waals surface area (Å²) in [6.07, 6.45) is 0.361. The maximum Gasteiger partial charge on any atom is 0.264 e. The summed E-state index contributed by atoms with van der Waals surface area (Å²) in [4.78, 5) is 47.5. The average Bonchev–Trinajstić information content (AvgIpc) is 3.71. The Labute approximate surface area is 238 Å². The highest BCUT2D eigenvalue weighted by molar-refractivity contribution is 7.12. The normalized spacial score (nSPS) is 18.9. The van der Waals surface area contributed by atoms with Gasteiger partial charge in [0.15, 0.2) is 0 Å². The van der Waals surface area contributed by atoms with Gasteiger partial charge in [-0.2, -0.15) is 0 Å². The number of hydrogen-bond donors (Lipinski definition) is 1. The molecule has 2 atom stereocenters. The van der Waals surface area contributed by atoms with Crippen LogP contribution in [-0.2, 0) is 11.3 Å². The number of amides is 3. The SMILES string of the molecule is COc1cccc(CN(C(=O)c2cccs2)C2CC(C(=O)N3CCNCC3)N(C(=O)c3cccc(OC)c3)C2)c1. The zero-order valence-corrected chi connectivity index (χ0v) is 23.6. The fraction of sp³-hybridized carbons (Fsp3) is 0.367. The molecule has 2 fully saturated rings. The lowest BCUT2D eigenvalue weighted by Gasteiger charge is -2.32. The molecule has 0 saturated carbocycles. The van der Waals surface area contributed by atoms with Crippen molar-refractivity contribution in [1.82, 2.24) is 20.0 Å². The molecule has 1 N–H and O–H groups in total. The predicted molar refractivity (Wildman–Crippen MR) is 153 cm³/mol. The first kappa shape index (κ1) is 27.7. The molecule has 2 aliphatic rings. The van der Waals surface area contributed by atoms with E-state index in [2.05, 4.69) is 5.32 Å². The molecule has 0 bridgehead atoms. The number of nitrogens with zero attached hydrogens (tertiary/aromatic N) is 3. The van der Waals surface area contributed by atoms with Crippen LogP contribution in [0.25, 0.3) is 0 Å². The largest absolute Gasteiger partial charge is 0.497 e. The molecular formula is C30H34N4O5S. The topological polar surface area (TPSA) is 91.4 Å². The van der Waals surface area contributed by atoms with Gasteiger partial charge >= 0.3 is 0 Å². The Hall–Kier alpha value is -3.89. The lowest BCUT2D eigenvalue weighted by molar-refractivity contribution is -0.135. The minimum Gasteiger partial charge on any atom is -0.497 e. The van der Waals surface area contributed by atoms with Crippen LogP contribution in [0.15, 0.2) is 66.0 Å². The van der Waals surface area contributed by atoms with Gasteiger partial charge in [-0.25, -0.2) is 0 Å². The number of methoxy groups -OCH3 is 2. The standard InChI is InChI=1S/C30H34N4O5S/c1-38-24-8-3-6-21(16-24)19-33(30(37)27-10-5-15-40-27)23-18-26(29(36)32-13-11-31-12-14-32)34(20-23)28(35)22-7-4-9-25(17-22)39-2/h3-10,15-17,23,26,31H,11-14,18-20H2,1-2H3. The number of hydrogen-bond acceptors (Lipinski definition) is 7. The van der Waals surface area contributed by atoms with E-state index in [-0.39, 0.29) is 30.3 Å². The minimum absolute atomic E-state index is 0.0786. The second-order valence-corrected chi connectivity index (χ2v) is 10.9. The summed E-state index contributed by atoms with van der Waals surface area (Å²) in [6, 6.07) is 17.2. The predicted octanol–water partition coefficient (Wildman–Crippen LogP) is 3.12. The highest BCUT2D eigenvalue weighted by Crippen LogP contribution is 2.30. The van der Waals surface area contributed by atoms with Crippen LogP contribution >= 0.6 is 11.3 Å². The van der Waals surface area contributed by atoms with E-state index in [0.29, 0.717) is 61.1 Å². The van der Waals surface area contributed by atoms with Crippen LogP contribution in [0, 0.1) is 0 Å². The summed E-state index contributed by atoms with van der Waals surface area (Å²) in [5.41, 5.74) is 1.36. The van der Waals surface area contributed by atoms with E-state index in [9.17, 15) is 14.4 Å². The van der Waals surface area contributed by atoms with E-state index in [1.54, 1.807) is 48.3 Å². The van der Waals surface area contributed by atoms with Crippen LogP contribution in [0.1, 0.15) is 32.0 Å². The maximum atomic E-state index is 13.9. The van der Waals surface area contributed by atoms with Crippen molar-refractivity contribution in [3.8, 4) is 11.5 Å². The zero-order chi connectivity index (χ0) is 28.1. The number of carbonyl (C=O) groups excluding carboxylic acids is 3. The van der Waals surface area contributed by atoms with Crippen LogP contribution < -0.4 is 14.8 Å². The number of nitrogens with one attached hydrogen (secondary N) is 1. The molecular weight excluding hydrogens is 528 g/mol. The van der Waals surface area contributed by atoms with Crippen LogP contribution in [0.2, 0.25) is 0 Å². The van der Waals surface area contributed by atoms with Crippen molar-refractivity contribution in [2.45, 2.75) is 25.0 Å². The molecule has 3 heterocycles. The Morgan fingerprint density at radius 1 is 0.975 bits per heavy atom. The molecule has 0 spiro atoms. The maximum absolute atomic E-state index is 13.9. The third kappa shape index (κ3) is 5.97. The molecule has 0 radical (unpaired) electrons. The molecule has 2 saturated heterocycles. The first-order valence-corrected chi connectivity index (χ1v) is 14.3. The Balaban J connectivity index is 1.48. The minimum atomic E-state index is -0.675. The molecule has 2 aliphatic heterocycles. The quantitative estimate of drug-likeness (QED) is 0.454. The summed E-state index contributed by atoms with van der Waals surface area (Å²) in [6.45, 7) is 3.18. The van der Waals surface area contributed by atoms with Gasteiger partial charge in [0.2, 0.25) is 5.91 Å². The third-order valence-corrected chi connectivity index (χ3v) is 8.35. The lowest BCUT2D eigenvalue weighted by atomic mass is 10.1. The van der Waals surface area contributed by atoms with Gasteiger partial charge < -0.3 is 29.5 Å². The second-order valence-electron chi connectivity index (χ2n) is 9.93. The second kappa shape index (κ2) is 12.5. The molecule has 2 unspecified atom stereocenters. The number of carbonyl (C=O) groups is 3. The number of likely N-dealkylation sites (tertiary alicyclic amines) is 1. The highest BCUT2D eigenvalue weighted by Gasteiger charge is 2.45. The fourth-order valence-electron chi connectivity index (χ4n) is 5.39. The number of rotatable bonds is 8. The Bertz CT molecular complexity index is 1340. The molecule has 3 aromatic rings. The molecule has 10 heteroatoms. The molecule has 3 amide bonds. The van der Waals surface area contributed by atoms with Gasteiger partial charge in [-0.3, -0.25) is 14.4 Å². The molecule has 40 heavy (non-hydrogen) atoms. The van der Waals surface area contributed by atoms with Crippen LogP contribution in [-0.4, -0.2) is 91.4 Å². The van der Waals surface area contributed by atoms with E-state index in [4.69, 9.17) is 9.47 Å². The first-order chi connectivity index (χ1) is 19.5. The van der Waals surface area contributed by atoms with Crippen molar-refractivity contribution in [3.05, 3.63) is 82.0 Å². The van der Waals surface area contributed by atoms with E-state index < -0.39 is 6.04 Å². The van der Waals surface area contributed by atoms with Gasteiger partial charge in [0.25, 0.3) is 11.8 Å². The van der Waals surface area contributed by atoms with Crippen molar-refractivity contribution in [3.63, 3.8) is 0 Å². The average molecular weight is 563 g/mol. The molecule has 2 aromatic carbocycles. The van der Waals surface area contributed by atoms with Gasteiger partial charge in [-0.15, -0.1) is 11.3 Å². The van der Waals surface area contributed by atoms with Crippen molar-refractivity contribution in [2.24, 2.45) is 0 Å². The fourth-order valence-corrected chi connectivity index (χ4v) is 6.07. The monoisotopic (exact) mass is 562 g/mol. The first-order valence-electron chi connectivity index (χ1n) is 13.4. The molecule has 0 aliphatic carbocycles.